The van der Waals surface area contributed by atoms with E-state index in [0.717, 1.165) is 51.6 Å². The topological polar surface area (TPSA) is 76.1 Å². The monoisotopic (exact) mass is 567 g/mol. The van der Waals surface area contributed by atoms with Crippen LogP contribution in [0.3, 0.4) is 0 Å². The average Bonchev–Trinajstić information content (AvgIpc) is 2.97. The highest BCUT2D eigenvalue weighted by molar-refractivity contribution is 5.69. The largest absolute Gasteiger partial charge is 0.465 e. The zero-order chi connectivity index (χ0) is 29.3. The third-order valence-corrected chi connectivity index (χ3v) is 8.79. The van der Waals surface area contributed by atoms with Crippen molar-refractivity contribution in [1.29, 1.82) is 0 Å². The molecular weight excluding hydrogens is 502 g/mol. The van der Waals surface area contributed by atoms with Crippen LogP contribution < -0.4 is 0 Å². The van der Waals surface area contributed by atoms with Crippen molar-refractivity contribution in [1.82, 2.24) is 4.90 Å². The number of nitrogens with zero attached hydrogens (tertiary/aromatic N) is 1. The molecule has 1 heterocycles. The molecule has 0 aromatic carbocycles. The number of ether oxygens (including phenoxy) is 2. The smallest absolute Gasteiger partial charge is 0.305 e. The maximum Gasteiger partial charge on any atom is 0.305 e. The lowest BCUT2D eigenvalue weighted by atomic mass is 9.79. The molecule has 0 spiro atoms. The molecule has 1 fully saturated rings. The number of hydrogen-bond donors (Lipinski definition) is 1. The number of esters is 2. The molecule has 236 valence electrons. The van der Waals surface area contributed by atoms with E-state index >= 15 is 0 Å². The molecule has 1 atom stereocenters. The molecule has 1 aliphatic rings. The third kappa shape index (κ3) is 18.3. The molecule has 1 rings (SSSR count). The fourth-order valence-electron chi connectivity index (χ4n) is 5.66. The number of piperidine rings is 1. The van der Waals surface area contributed by atoms with Crippen LogP contribution in [0.5, 0.6) is 0 Å². The van der Waals surface area contributed by atoms with Crippen molar-refractivity contribution in [3.05, 3.63) is 0 Å². The quantitative estimate of drug-likeness (QED) is 0.0836. The Morgan fingerprint density at radius 2 is 1.00 bits per heavy atom. The molecule has 0 aromatic heterocycles. The number of rotatable bonds is 26. The van der Waals surface area contributed by atoms with Crippen molar-refractivity contribution >= 4 is 11.9 Å². The second-order valence-corrected chi connectivity index (χ2v) is 12.5. The minimum Gasteiger partial charge on any atom is -0.465 e. The van der Waals surface area contributed by atoms with Crippen molar-refractivity contribution < 1.29 is 24.2 Å². The number of carbonyl (C=O) groups excluding carboxylic acids is 2. The van der Waals surface area contributed by atoms with Gasteiger partial charge in [0.05, 0.1) is 6.61 Å². The zero-order valence-electron chi connectivity index (χ0n) is 26.7. The molecule has 0 aromatic rings. The molecular formula is C34H65NO5. The fraction of sp³-hybridized carbons (Fsp3) is 0.941. The second-order valence-electron chi connectivity index (χ2n) is 12.5. The van der Waals surface area contributed by atoms with Crippen LogP contribution in [-0.4, -0.2) is 60.9 Å². The highest BCUT2D eigenvalue weighted by Crippen LogP contribution is 2.33. The van der Waals surface area contributed by atoms with Crippen molar-refractivity contribution in [3.63, 3.8) is 0 Å². The van der Waals surface area contributed by atoms with E-state index in [4.69, 9.17) is 9.47 Å². The lowest BCUT2D eigenvalue weighted by Crippen LogP contribution is -2.49. The number of hydrogen-bond acceptors (Lipinski definition) is 6. The summed E-state index contributed by atoms with van der Waals surface area (Å²) in [6.07, 6.45) is 24.6. The summed E-state index contributed by atoms with van der Waals surface area (Å²) in [5.74, 6) is -0.260. The van der Waals surface area contributed by atoms with Gasteiger partial charge in [0.2, 0.25) is 0 Å². The van der Waals surface area contributed by atoms with Gasteiger partial charge in [0.25, 0.3) is 0 Å². The van der Waals surface area contributed by atoms with E-state index in [1.807, 2.05) is 6.92 Å². The van der Waals surface area contributed by atoms with Gasteiger partial charge in [0, 0.05) is 24.3 Å². The van der Waals surface area contributed by atoms with Crippen LogP contribution >= 0.6 is 0 Å². The summed E-state index contributed by atoms with van der Waals surface area (Å²) in [6.45, 7) is 8.91. The second kappa shape index (κ2) is 24.5. The Morgan fingerprint density at radius 3 is 1.35 bits per heavy atom. The summed E-state index contributed by atoms with van der Waals surface area (Å²) in [5, 5.41) is 9.56. The lowest BCUT2D eigenvalue weighted by molar-refractivity contribution is -0.157. The summed E-state index contributed by atoms with van der Waals surface area (Å²) in [7, 11) is 0. The minimum absolute atomic E-state index is 0.112. The van der Waals surface area contributed by atoms with Crippen molar-refractivity contribution in [3.8, 4) is 0 Å². The summed E-state index contributed by atoms with van der Waals surface area (Å²) in [5.41, 5.74) is -0.325. The lowest BCUT2D eigenvalue weighted by Gasteiger charge is -2.42. The van der Waals surface area contributed by atoms with Crippen molar-refractivity contribution in [2.24, 2.45) is 5.41 Å². The standard InChI is InChI=1S/C34H65NO5/c1-4-6-8-10-12-14-16-18-20-22-32(37)39-29-34(24-26-35(27-25-34)31(3)28-36)30-40-33(38)23-21-19-17-15-13-11-9-7-5-2/h31,36H,4-30H2,1-3H3. The average molecular weight is 568 g/mol. The Kier molecular flexibility index (Phi) is 22.6. The van der Waals surface area contributed by atoms with E-state index in [1.165, 1.54) is 89.9 Å². The normalized spacial score (nSPS) is 16.1. The van der Waals surface area contributed by atoms with Gasteiger partial charge < -0.3 is 14.6 Å². The van der Waals surface area contributed by atoms with E-state index in [2.05, 4.69) is 18.7 Å². The van der Waals surface area contributed by atoms with Gasteiger partial charge >= 0.3 is 11.9 Å². The summed E-state index contributed by atoms with van der Waals surface area (Å²) < 4.78 is 11.5. The Bertz CT molecular complexity index is 577. The first kappa shape index (κ1) is 36.9. The predicted molar refractivity (Wildman–Crippen MR) is 165 cm³/mol. The molecule has 1 aliphatic heterocycles. The maximum absolute atomic E-state index is 12.5. The van der Waals surface area contributed by atoms with Crippen LogP contribution in [0.4, 0.5) is 0 Å². The van der Waals surface area contributed by atoms with E-state index < -0.39 is 0 Å². The van der Waals surface area contributed by atoms with Crippen molar-refractivity contribution in [2.45, 2.75) is 168 Å². The number of likely N-dealkylation sites (tertiary alicyclic amines) is 1. The SMILES string of the molecule is CCCCCCCCCCCC(=O)OCC1(COC(=O)CCCCCCCCCCC)CCN(C(C)CO)CC1. The van der Waals surface area contributed by atoms with Gasteiger partial charge in [-0.25, -0.2) is 0 Å². The molecule has 40 heavy (non-hydrogen) atoms. The summed E-state index contributed by atoms with van der Waals surface area (Å²) in [6, 6.07) is 0.112. The van der Waals surface area contributed by atoms with Crippen LogP contribution in [0.25, 0.3) is 0 Å². The molecule has 0 amide bonds. The molecule has 1 saturated heterocycles. The van der Waals surface area contributed by atoms with Gasteiger partial charge in [-0.15, -0.1) is 0 Å². The Hall–Kier alpha value is -1.14. The number of unbranched alkanes of at least 4 members (excludes halogenated alkanes) is 16. The van der Waals surface area contributed by atoms with Crippen LogP contribution in [0, 0.1) is 5.41 Å². The number of aliphatic hydroxyl groups is 1. The molecule has 1 unspecified atom stereocenters. The molecule has 0 bridgehead atoms. The van der Waals surface area contributed by atoms with Crippen LogP contribution in [-0.2, 0) is 19.1 Å². The van der Waals surface area contributed by atoms with E-state index in [9.17, 15) is 14.7 Å². The Balaban J connectivity index is 2.34. The van der Waals surface area contributed by atoms with E-state index in [-0.39, 0.29) is 30.0 Å². The highest BCUT2D eigenvalue weighted by Gasteiger charge is 2.38. The third-order valence-electron chi connectivity index (χ3n) is 8.79. The van der Waals surface area contributed by atoms with E-state index in [1.54, 1.807) is 0 Å². The molecule has 6 nitrogen and oxygen atoms in total. The van der Waals surface area contributed by atoms with Gasteiger partial charge in [0.1, 0.15) is 13.2 Å². The zero-order valence-corrected chi connectivity index (χ0v) is 26.7. The van der Waals surface area contributed by atoms with Gasteiger partial charge in [-0.05, 0) is 45.7 Å². The first-order valence-corrected chi connectivity index (χ1v) is 17.1. The molecule has 0 saturated carbocycles. The maximum atomic E-state index is 12.5. The highest BCUT2D eigenvalue weighted by atomic mass is 16.5. The Morgan fingerprint density at radius 1 is 0.650 bits per heavy atom. The fourth-order valence-corrected chi connectivity index (χ4v) is 5.66. The van der Waals surface area contributed by atoms with Gasteiger partial charge in [-0.3, -0.25) is 14.5 Å². The first-order valence-electron chi connectivity index (χ1n) is 17.1. The molecule has 1 N–H and O–H groups in total. The van der Waals surface area contributed by atoms with E-state index in [0.29, 0.717) is 26.1 Å². The predicted octanol–water partition coefficient (Wildman–Crippen LogP) is 8.38. The van der Waals surface area contributed by atoms with Gasteiger partial charge in [-0.2, -0.15) is 0 Å². The molecule has 0 radical (unpaired) electrons. The first-order chi connectivity index (χ1) is 19.5. The van der Waals surface area contributed by atoms with Crippen LogP contribution in [0.1, 0.15) is 162 Å². The van der Waals surface area contributed by atoms with Gasteiger partial charge in [-0.1, -0.05) is 117 Å². The molecule has 0 aliphatic carbocycles. The van der Waals surface area contributed by atoms with Crippen LogP contribution in [0.2, 0.25) is 0 Å². The van der Waals surface area contributed by atoms with Crippen LogP contribution in [0.15, 0.2) is 0 Å². The summed E-state index contributed by atoms with van der Waals surface area (Å²) in [4.78, 5) is 27.3. The Labute approximate surface area is 247 Å². The number of carbonyl (C=O) groups is 2. The minimum atomic E-state index is -0.325. The van der Waals surface area contributed by atoms with Gasteiger partial charge in [0.15, 0.2) is 0 Å². The molecule has 6 heteroatoms. The number of aliphatic hydroxyl groups excluding tert-OH is 1. The summed E-state index contributed by atoms with van der Waals surface area (Å²) >= 11 is 0. The van der Waals surface area contributed by atoms with Crippen molar-refractivity contribution in [2.75, 3.05) is 32.9 Å².